The third-order valence-electron chi connectivity index (χ3n) is 2.30. The molecule has 0 aliphatic heterocycles. The molecule has 0 unspecified atom stereocenters. The summed E-state index contributed by atoms with van der Waals surface area (Å²) in [7, 11) is 0. The van der Waals surface area contributed by atoms with Crippen LogP contribution in [0.25, 0.3) is 11.5 Å². The van der Waals surface area contributed by atoms with E-state index in [4.69, 9.17) is 5.73 Å². The van der Waals surface area contributed by atoms with Crippen molar-refractivity contribution < 1.29 is 0 Å². The Hall–Kier alpha value is -2.44. The largest absolute Gasteiger partial charge is 0.396 e. The van der Waals surface area contributed by atoms with Crippen LogP contribution in [0.4, 0.5) is 5.69 Å². The molecule has 0 fully saturated rings. The molecule has 3 heterocycles. The molecule has 16 heavy (non-hydrogen) atoms. The molecule has 3 aromatic rings. The predicted molar refractivity (Wildman–Crippen MR) is 57.1 cm³/mol. The molecule has 0 aromatic carbocycles. The van der Waals surface area contributed by atoms with Crippen LogP contribution in [-0.4, -0.2) is 29.4 Å². The number of aryl methyl sites for hydroxylation is 1. The topological polar surface area (TPSA) is 86.9 Å². The quantitative estimate of drug-likeness (QED) is 0.626. The zero-order chi connectivity index (χ0) is 11.1. The Kier molecular flexibility index (Phi) is 1.67. The van der Waals surface area contributed by atoms with Gasteiger partial charge in [-0.2, -0.15) is 5.10 Å². The number of hydrogen-bond donors (Lipinski definition) is 1. The molecule has 0 saturated heterocycles. The second-order valence-electron chi connectivity index (χ2n) is 3.41. The Morgan fingerprint density at radius 3 is 2.94 bits per heavy atom. The number of anilines is 1. The van der Waals surface area contributed by atoms with Crippen molar-refractivity contribution in [1.29, 1.82) is 0 Å². The highest BCUT2D eigenvalue weighted by Gasteiger charge is 2.09. The first-order valence-corrected chi connectivity index (χ1v) is 4.72. The Morgan fingerprint density at radius 1 is 1.31 bits per heavy atom. The maximum atomic E-state index is 5.61. The Bertz CT molecular complexity index is 651. The van der Waals surface area contributed by atoms with E-state index in [1.165, 1.54) is 0 Å². The van der Waals surface area contributed by atoms with Gasteiger partial charge in [0.25, 0.3) is 0 Å². The molecule has 0 spiro atoms. The van der Waals surface area contributed by atoms with Gasteiger partial charge in [-0.3, -0.25) is 4.40 Å². The van der Waals surface area contributed by atoms with Crippen LogP contribution >= 0.6 is 0 Å². The number of aromatic nitrogens is 6. The Labute approximate surface area is 90.5 Å². The van der Waals surface area contributed by atoms with E-state index in [-0.39, 0.29) is 0 Å². The highest BCUT2D eigenvalue weighted by molar-refractivity contribution is 5.54. The van der Waals surface area contributed by atoms with Gasteiger partial charge in [0.15, 0.2) is 5.82 Å². The lowest BCUT2D eigenvalue weighted by molar-refractivity contribution is 0.840. The zero-order valence-electron chi connectivity index (χ0n) is 8.57. The molecular weight excluding hydrogens is 206 g/mol. The van der Waals surface area contributed by atoms with Crippen LogP contribution in [0.1, 0.15) is 5.82 Å². The van der Waals surface area contributed by atoms with Gasteiger partial charge in [-0.1, -0.05) is 0 Å². The van der Waals surface area contributed by atoms with E-state index in [0.717, 1.165) is 5.82 Å². The third kappa shape index (κ3) is 1.14. The van der Waals surface area contributed by atoms with Gasteiger partial charge in [0.05, 0.1) is 18.1 Å². The Morgan fingerprint density at radius 2 is 2.19 bits per heavy atom. The molecule has 3 rings (SSSR count). The summed E-state index contributed by atoms with van der Waals surface area (Å²) in [5, 5.41) is 12.1. The molecule has 0 saturated carbocycles. The molecule has 3 aromatic heterocycles. The monoisotopic (exact) mass is 215 g/mol. The van der Waals surface area contributed by atoms with Crippen LogP contribution in [0.15, 0.2) is 24.8 Å². The minimum Gasteiger partial charge on any atom is -0.396 e. The minimum absolute atomic E-state index is 0.583. The number of nitrogens with zero attached hydrogens (tertiary/aromatic N) is 6. The minimum atomic E-state index is 0.583. The second kappa shape index (κ2) is 3.02. The fourth-order valence-electron chi connectivity index (χ4n) is 1.54. The summed E-state index contributed by atoms with van der Waals surface area (Å²) in [4.78, 5) is 4.23. The SMILES string of the molecule is Cc1nnc2c(-n3cc(N)cn3)nccn12. The van der Waals surface area contributed by atoms with Crippen molar-refractivity contribution in [1.82, 2.24) is 29.4 Å². The molecular formula is C9H9N7. The van der Waals surface area contributed by atoms with Crippen LogP contribution in [0.5, 0.6) is 0 Å². The van der Waals surface area contributed by atoms with Gasteiger partial charge in [0, 0.05) is 12.4 Å². The van der Waals surface area contributed by atoms with Crippen molar-refractivity contribution in [2.75, 3.05) is 5.73 Å². The van der Waals surface area contributed by atoms with E-state index in [0.29, 0.717) is 17.2 Å². The van der Waals surface area contributed by atoms with E-state index >= 15 is 0 Å². The molecule has 7 nitrogen and oxygen atoms in total. The molecule has 2 N–H and O–H groups in total. The first kappa shape index (κ1) is 8.84. The van der Waals surface area contributed by atoms with Gasteiger partial charge in [0.1, 0.15) is 5.82 Å². The first-order chi connectivity index (χ1) is 7.75. The molecule has 0 aliphatic carbocycles. The summed E-state index contributed by atoms with van der Waals surface area (Å²) in [5.74, 6) is 1.42. The van der Waals surface area contributed by atoms with Gasteiger partial charge in [-0.25, -0.2) is 9.67 Å². The van der Waals surface area contributed by atoms with E-state index in [9.17, 15) is 0 Å². The van der Waals surface area contributed by atoms with Crippen LogP contribution in [0.3, 0.4) is 0 Å². The smallest absolute Gasteiger partial charge is 0.206 e. The highest BCUT2D eigenvalue weighted by atomic mass is 15.3. The van der Waals surface area contributed by atoms with Gasteiger partial charge >= 0.3 is 0 Å². The van der Waals surface area contributed by atoms with Crippen LogP contribution < -0.4 is 5.73 Å². The van der Waals surface area contributed by atoms with Gasteiger partial charge in [-0.05, 0) is 6.92 Å². The molecule has 0 bridgehead atoms. The Balaban J connectivity index is 2.31. The normalized spacial score (nSPS) is 11.1. The summed E-state index contributed by atoms with van der Waals surface area (Å²) in [6.45, 7) is 1.88. The molecule has 7 heteroatoms. The lowest BCUT2D eigenvalue weighted by Gasteiger charge is -2.01. The third-order valence-corrected chi connectivity index (χ3v) is 2.30. The summed E-state index contributed by atoms with van der Waals surface area (Å²) in [6, 6.07) is 0. The lowest BCUT2D eigenvalue weighted by atomic mass is 10.5. The number of nitrogens with two attached hydrogens (primary N) is 1. The van der Waals surface area contributed by atoms with Crippen LogP contribution in [0.2, 0.25) is 0 Å². The first-order valence-electron chi connectivity index (χ1n) is 4.72. The predicted octanol–water partition coefficient (Wildman–Crippen LogP) is 0.201. The molecule has 0 atom stereocenters. The van der Waals surface area contributed by atoms with Crippen molar-refractivity contribution in [3.63, 3.8) is 0 Å². The maximum Gasteiger partial charge on any atom is 0.206 e. The average molecular weight is 215 g/mol. The van der Waals surface area contributed by atoms with Crippen molar-refractivity contribution >= 4 is 11.3 Å². The van der Waals surface area contributed by atoms with Crippen molar-refractivity contribution in [3.05, 3.63) is 30.6 Å². The maximum absolute atomic E-state index is 5.61. The van der Waals surface area contributed by atoms with Crippen molar-refractivity contribution in [2.24, 2.45) is 0 Å². The van der Waals surface area contributed by atoms with Crippen LogP contribution in [-0.2, 0) is 0 Å². The standard InChI is InChI=1S/C9H9N7/c1-6-13-14-9-8(11-2-3-15(6)9)16-5-7(10)4-12-16/h2-5H,10H2,1H3. The van der Waals surface area contributed by atoms with E-state index in [1.54, 1.807) is 29.5 Å². The molecule has 0 amide bonds. The van der Waals surface area contributed by atoms with E-state index in [2.05, 4.69) is 20.3 Å². The lowest BCUT2D eigenvalue weighted by Crippen LogP contribution is -2.02. The summed E-state index contributed by atoms with van der Waals surface area (Å²) < 4.78 is 3.43. The molecule has 0 radical (unpaired) electrons. The second-order valence-corrected chi connectivity index (χ2v) is 3.41. The van der Waals surface area contributed by atoms with E-state index in [1.807, 2.05) is 11.3 Å². The summed E-state index contributed by atoms with van der Waals surface area (Å²) in [5.41, 5.74) is 6.85. The summed E-state index contributed by atoms with van der Waals surface area (Å²) >= 11 is 0. The van der Waals surface area contributed by atoms with Gasteiger partial charge in [0.2, 0.25) is 5.65 Å². The fourth-order valence-corrected chi connectivity index (χ4v) is 1.54. The van der Waals surface area contributed by atoms with E-state index < -0.39 is 0 Å². The van der Waals surface area contributed by atoms with Crippen molar-refractivity contribution in [3.8, 4) is 5.82 Å². The highest BCUT2D eigenvalue weighted by Crippen LogP contribution is 2.12. The van der Waals surface area contributed by atoms with Gasteiger partial charge < -0.3 is 5.73 Å². The number of fused-ring (bicyclic) bond motifs is 1. The average Bonchev–Trinajstić information content (AvgIpc) is 2.86. The number of hydrogen-bond acceptors (Lipinski definition) is 5. The van der Waals surface area contributed by atoms with Crippen LogP contribution in [0, 0.1) is 6.92 Å². The number of rotatable bonds is 1. The summed E-state index contributed by atoms with van der Waals surface area (Å²) in [6.07, 6.45) is 6.73. The molecule has 0 aliphatic rings. The molecule has 80 valence electrons. The van der Waals surface area contributed by atoms with Gasteiger partial charge in [-0.15, -0.1) is 10.2 Å². The fraction of sp³-hybridized carbons (Fsp3) is 0.111. The zero-order valence-corrected chi connectivity index (χ0v) is 8.57. The van der Waals surface area contributed by atoms with Crippen molar-refractivity contribution in [2.45, 2.75) is 6.92 Å². The number of nitrogen functional groups attached to an aromatic ring is 1.